The summed E-state index contributed by atoms with van der Waals surface area (Å²) in [5, 5.41) is 1.24. The van der Waals surface area contributed by atoms with Gasteiger partial charge in [0, 0.05) is 0 Å². The largest absolute Gasteiger partial charge is 0.369 e. The van der Waals surface area contributed by atoms with E-state index in [0.29, 0.717) is 44.4 Å². The van der Waals surface area contributed by atoms with Gasteiger partial charge in [0.05, 0.1) is 35.1 Å². The van der Waals surface area contributed by atoms with Gasteiger partial charge in [0.2, 0.25) is 5.91 Å². The SMILES string of the molecule is Cc1cccc2nc(CSc3ncnc4nc[nH]c34)n(-c3ccccc3CC(N)=O)c(=O)c12. The summed E-state index contributed by atoms with van der Waals surface area (Å²) in [6.45, 7) is 1.88. The molecule has 5 rings (SSSR count). The van der Waals surface area contributed by atoms with Crippen molar-refractivity contribution in [1.82, 2.24) is 29.5 Å². The molecule has 164 valence electrons. The summed E-state index contributed by atoms with van der Waals surface area (Å²) in [6.07, 6.45) is 3.04. The van der Waals surface area contributed by atoms with Crippen LogP contribution in [0, 0.1) is 6.92 Å². The van der Waals surface area contributed by atoms with Crippen molar-refractivity contribution >= 4 is 39.7 Å². The molecule has 3 heterocycles. The maximum absolute atomic E-state index is 13.7. The van der Waals surface area contributed by atoms with E-state index in [1.54, 1.807) is 23.0 Å². The van der Waals surface area contributed by atoms with Gasteiger partial charge in [0.25, 0.3) is 5.56 Å². The third-order valence-electron chi connectivity index (χ3n) is 5.30. The Labute approximate surface area is 192 Å². The number of carbonyl (C=O) groups is 1. The topological polar surface area (TPSA) is 132 Å². The lowest BCUT2D eigenvalue weighted by molar-refractivity contribution is -0.117. The van der Waals surface area contributed by atoms with Crippen LogP contribution in [0.1, 0.15) is 17.0 Å². The Kier molecular flexibility index (Phi) is 5.35. The van der Waals surface area contributed by atoms with E-state index in [2.05, 4.69) is 19.9 Å². The summed E-state index contributed by atoms with van der Waals surface area (Å²) in [7, 11) is 0. The van der Waals surface area contributed by atoms with Crippen LogP contribution in [-0.2, 0) is 17.0 Å². The highest BCUT2D eigenvalue weighted by Gasteiger charge is 2.18. The van der Waals surface area contributed by atoms with Crippen molar-refractivity contribution in [2.45, 2.75) is 24.1 Å². The lowest BCUT2D eigenvalue weighted by Crippen LogP contribution is -2.26. The van der Waals surface area contributed by atoms with Crippen LogP contribution in [0.25, 0.3) is 27.8 Å². The van der Waals surface area contributed by atoms with Crippen LogP contribution in [0.3, 0.4) is 0 Å². The van der Waals surface area contributed by atoms with E-state index in [9.17, 15) is 9.59 Å². The number of hydrogen-bond donors (Lipinski definition) is 2. The molecule has 3 aromatic heterocycles. The number of rotatable bonds is 6. The molecular weight excluding hydrogens is 438 g/mol. The molecule has 0 radical (unpaired) electrons. The number of nitrogens with two attached hydrogens (primary N) is 1. The molecular formula is C23H19N7O2S. The number of aryl methyl sites for hydroxylation is 1. The second-order valence-electron chi connectivity index (χ2n) is 7.48. The predicted molar refractivity (Wildman–Crippen MR) is 126 cm³/mol. The molecule has 2 aromatic carbocycles. The summed E-state index contributed by atoms with van der Waals surface area (Å²) in [5.74, 6) is 0.417. The Hall–Kier alpha value is -4.05. The number of carbonyl (C=O) groups excluding carboxylic acids is 1. The fourth-order valence-corrected chi connectivity index (χ4v) is 4.71. The number of aromatic amines is 1. The molecule has 0 saturated carbocycles. The standard InChI is InChI=1S/C23H19N7O2S/c1-13-5-4-7-15-19(13)23(32)30(16-8-3-2-6-14(16)9-17(24)31)18(29-15)10-33-22-20-21(26-11-25-20)27-12-28-22/h2-8,11-12H,9-10H2,1H3,(H2,24,31)(H,25,26,27,28). The molecule has 0 fully saturated rings. The van der Waals surface area contributed by atoms with E-state index in [4.69, 9.17) is 10.7 Å². The van der Waals surface area contributed by atoms with Gasteiger partial charge >= 0.3 is 0 Å². The van der Waals surface area contributed by atoms with Crippen molar-refractivity contribution in [3.8, 4) is 5.69 Å². The Morgan fingerprint density at radius 1 is 1.12 bits per heavy atom. The molecule has 0 unspecified atom stereocenters. The molecule has 0 spiro atoms. The molecule has 0 aliphatic rings. The number of H-pyrrole nitrogens is 1. The maximum Gasteiger partial charge on any atom is 0.266 e. The Bertz CT molecular complexity index is 1570. The third kappa shape index (κ3) is 3.85. The third-order valence-corrected chi connectivity index (χ3v) is 6.28. The highest BCUT2D eigenvalue weighted by molar-refractivity contribution is 7.98. The molecule has 10 heteroatoms. The van der Waals surface area contributed by atoms with Crippen molar-refractivity contribution in [2.75, 3.05) is 0 Å². The zero-order valence-corrected chi connectivity index (χ0v) is 18.5. The van der Waals surface area contributed by atoms with Crippen LogP contribution in [0.2, 0.25) is 0 Å². The van der Waals surface area contributed by atoms with Crippen LogP contribution in [0.4, 0.5) is 0 Å². The number of nitrogens with zero attached hydrogens (tertiary/aromatic N) is 5. The average Bonchev–Trinajstić information content (AvgIpc) is 3.27. The van der Waals surface area contributed by atoms with Gasteiger partial charge in [-0.3, -0.25) is 14.2 Å². The average molecular weight is 458 g/mol. The molecule has 0 aliphatic carbocycles. The van der Waals surface area contributed by atoms with Crippen molar-refractivity contribution < 1.29 is 4.79 Å². The van der Waals surface area contributed by atoms with Gasteiger partial charge in [-0.2, -0.15) is 0 Å². The lowest BCUT2D eigenvalue weighted by Gasteiger charge is -2.17. The van der Waals surface area contributed by atoms with E-state index in [0.717, 1.165) is 11.1 Å². The summed E-state index contributed by atoms with van der Waals surface area (Å²) < 4.78 is 1.58. The van der Waals surface area contributed by atoms with Crippen molar-refractivity contribution in [2.24, 2.45) is 5.73 Å². The Balaban J connectivity index is 1.69. The molecule has 5 aromatic rings. The number of amides is 1. The number of primary amides is 1. The smallest absolute Gasteiger partial charge is 0.266 e. The fraction of sp³-hybridized carbons (Fsp3) is 0.130. The fourth-order valence-electron chi connectivity index (χ4n) is 3.84. The van der Waals surface area contributed by atoms with Gasteiger partial charge in [-0.05, 0) is 30.2 Å². The number of aromatic nitrogens is 6. The summed E-state index contributed by atoms with van der Waals surface area (Å²) in [4.78, 5) is 46.0. The highest BCUT2D eigenvalue weighted by atomic mass is 32.2. The van der Waals surface area contributed by atoms with Gasteiger partial charge in [-0.15, -0.1) is 0 Å². The minimum Gasteiger partial charge on any atom is -0.369 e. The predicted octanol–water partition coefficient (Wildman–Crippen LogP) is 2.68. The van der Waals surface area contributed by atoms with Crippen molar-refractivity contribution in [3.05, 3.63) is 82.4 Å². The van der Waals surface area contributed by atoms with Crippen LogP contribution < -0.4 is 11.3 Å². The quantitative estimate of drug-likeness (QED) is 0.296. The first-order chi connectivity index (χ1) is 16.0. The Morgan fingerprint density at radius 2 is 1.97 bits per heavy atom. The van der Waals surface area contributed by atoms with E-state index in [1.807, 2.05) is 37.3 Å². The van der Waals surface area contributed by atoms with Gasteiger partial charge in [-0.25, -0.2) is 19.9 Å². The lowest BCUT2D eigenvalue weighted by atomic mass is 10.1. The number of benzene rings is 2. The van der Waals surface area contributed by atoms with Gasteiger partial charge in [-0.1, -0.05) is 42.1 Å². The van der Waals surface area contributed by atoms with E-state index in [1.165, 1.54) is 18.1 Å². The number of hydrogen-bond acceptors (Lipinski definition) is 7. The van der Waals surface area contributed by atoms with Crippen molar-refractivity contribution in [3.63, 3.8) is 0 Å². The maximum atomic E-state index is 13.7. The molecule has 0 bridgehead atoms. The van der Waals surface area contributed by atoms with Crippen LogP contribution in [0.15, 0.2) is 64.9 Å². The molecule has 33 heavy (non-hydrogen) atoms. The minimum absolute atomic E-state index is 0.0156. The van der Waals surface area contributed by atoms with Crippen LogP contribution in [-0.4, -0.2) is 35.4 Å². The zero-order chi connectivity index (χ0) is 22.9. The molecule has 0 saturated heterocycles. The van der Waals surface area contributed by atoms with Gasteiger partial charge < -0.3 is 10.7 Å². The van der Waals surface area contributed by atoms with Crippen LogP contribution in [0.5, 0.6) is 0 Å². The molecule has 1 amide bonds. The number of nitrogens with one attached hydrogen (secondary N) is 1. The van der Waals surface area contributed by atoms with Crippen LogP contribution >= 0.6 is 11.8 Å². The second-order valence-corrected chi connectivity index (χ2v) is 8.44. The van der Waals surface area contributed by atoms with Gasteiger partial charge in [0.1, 0.15) is 22.7 Å². The molecule has 3 N–H and O–H groups in total. The van der Waals surface area contributed by atoms with E-state index in [-0.39, 0.29) is 12.0 Å². The zero-order valence-electron chi connectivity index (χ0n) is 17.6. The Morgan fingerprint density at radius 3 is 2.82 bits per heavy atom. The molecule has 0 aliphatic heterocycles. The highest BCUT2D eigenvalue weighted by Crippen LogP contribution is 2.27. The van der Waals surface area contributed by atoms with E-state index < -0.39 is 5.91 Å². The summed E-state index contributed by atoms with van der Waals surface area (Å²) >= 11 is 1.42. The first kappa shape index (κ1) is 20.8. The number of fused-ring (bicyclic) bond motifs is 2. The molecule has 9 nitrogen and oxygen atoms in total. The first-order valence-electron chi connectivity index (χ1n) is 10.2. The number of imidazole rings is 1. The summed E-state index contributed by atoms with van der Waals surface area (Å²) in [6, 6.07) is 12.8. The van der Waals surface area contributed by atoms with Crippen molar-refractivity contribution in [1.29, 1.82) is 0 Å². The van der Waals surface area contributed by atoms with Gasteiger partial charge in [0.15, 0.2) is 5.65 Å². The monoisotopic (exact) mass is 457 g/mol. The number of para-hydroxylation sites is 1. The normalized spacial score (nSPS) is 11.3. The second kappa shape index (κ2) is 8.47. The minimum atomic E-state index is -0.473. The van der Waals surface area contributed by atoms with E-state index >= 15 is 0 Å². The molecule has 0 atom stereocenters. The summed E-state index contributed by atoms with van der Waals surface area (Å²) in [5.41, 5.74) is 9.27. The number of thioether (sulfide) groups is 1. The first-order valence-corrected chi connectivity index (χ1v) is 11.2.